The molecule has 0 amide bonds. The molecule has 1 heterocycles. The van der Waals surface area contributed by atoms with Crippen LogP contribution in [0.2, 0.25) is 0 Å². The van der Waals surface area contributed by atoms with Gasteiger partial charge in [-0.2, -0.15) is 0 Å². The Bertz CT molecular complexity index is 173. The second kappa shape index (κ2) is 7.25. The van der Waals surface area contributed by atoms with E-state index in [0.29, 0.717) is 5.41 Å². The molecule has 0 spiro atoms. The van der Waals surface area contributed by atoms with Crippen LogP contribution in [0.3, 0.4) is 0 Å². The highest BCUT2D eigenvalue weighted by molar-refractivity contribution is 4.86. The van der Waals surface area contributed by atoms with Gasteiger partial charge < -0.3 is 15.0 Å². The zero-order valence-corrected chi connectivity index (χ0v) is 11.2. The van der Waals surface area contributed by atoms with Gasteiger partial charge in [0.05, 0.1) is 6.61 Å². The molecule has 0 saturated carbocycles. The fourth-order valence-corrected chi connectivity index (χ4v) is 2.74. The molecule has 1 N–H and O–H groups in total. The van der Waals surface area contributed by atoms with E-state index in [-0.39, 0.29) is 0 Å². The monoisotopic (exact) mass is 228 g/mol. The molecule has 3 heteroatoms. The van der Waals surface area contributed by atoms with Crippen molar-refractivity contribution in [3.63, 3.8) is 0 Å². The quantitative estimate of drug-likeness (QED) is 0.718. The molecular weight excluding hydrogens is 200 g/mol. The number of ether oxygens (including phenoxy) is 1. The van der Waals surface area contributed by atoms with Gasteiger partial charge in [-0.3, -0.25) is 0 Å². The maximum atomic E-state index is 5.69. The summed E-state index contributed by atoms with van der Waals surface area (Å²) in [6, 6.07) is 0. The van der Waals surface area contributed by atoms with Crippen molar-refractivity contribution in [1.29, 1.82) is 0 Å². The summed E-state index contributed by atoms with van der Waals surface area (Å²) in [6.07, 6.45) is 3.75. The minimum atomic E-state index is 0.345. The van der Waals surface area contributed by atoms with Crippen LogP contribution in [0.4, 0.5) is 0 Å². The van der Waals surface area contributed by atoms with Crippen LogP contribution >= 0.6 is 0 Å². The first-order chi connectivity index (χ1) is 7.76. The van der Waals surface area contributed by atoms with E-state index in [9.17, 15) is 0 Å². The molecule has 1 fully saturated rings. The average Bonchev–Trinajstić information content (AvgIpc) is 2.30. The van der Waals surface area contributed by atoms with E-state index in [4.69, 9.17) is 4.74 Å². The number of nitrogens with zero attached hydrogens (tertiary/aromatic N) is 1. The van der Waals surface area contributed by atoms with E-state index < -0.39 is 0 Å². The second-order valence-electron chi connectivity index (χ2n) is 5.06. The maximum absolute atomic E-state index is 5.69. The van der Waals surface area contributed by atoms with Gasteiger partial charge in [-0.15, -0.1) is 0 Å². The van der Waals surface area contributed by atoms with Crippen molar-refractivity contribution in [2.45, 2.75) is 33.1 Å². The molecule has 0 radical (unpaired) electrons. The van der Waals surface area contributed by atoms with Crippen LogP contribution in [-0.4, -0.2) is 51.3 Å². The standard InChI is InChI=1S/C13H28N2O/c1-4-8-15(5-2)11-13(10-14-3)7-6-9-16-12-13/h14H,4-12H2,1-3H3. The molecule has 0 aromatic heterocycles. The third kappa shape index (κ3) is 4.04. The number of rotatable bonds is 7. The minimum Gasteiger partial charge on any atom is -0.381 e. The Morgan fingerprint density at radius 1 is 1.38 bits per heavy atom. The van der Waals surface area contributed by atoms with Gasteiger partial charge in [0.25, 0.3) is 0 Å². The lowest BCUT2D eigenvalue weighted by Gasteiger charge is -2.40. The molecule has 1 aliphatic rings. The number of hydrogen-bond donors (Lipinski definition) is 1. The number of nitrogens with one attached hydrogen (secondary N) is 1. The van der Waals surface area contributed by atoms with Crippen molar-refractivity contribution >= 4 is 0 Å². The Morgan fingerprint density at radius 2 is 2.19 bits per heavy atom. The summed E-state index contributed by atoms with van der Waals surface area (Å²) in [7, 11) is 2.05. The summed E-state index contributed by atoms with van der Waals surface area (Å²) in [5, 5.41) is 3.34. The Balaban J connectivity index is 2.53. The van der Waals surface area contributed by atoms with Gasteiger partial charge in [0.1, 0.15) is 0 Å². The zero-order chi connectivity index (χ0) is 11.9. The van der Waals surface area contributed by atoms with Crippen LogP contribution in [0, 0.1) is 5.41 Å². The highest BCUT2D eigenvalue weighted by Gasteiger charge is 2.33. The lowest BCUT2D eigenvalue weighted by molar-refractivity contribution is -0.0246. The van der Waals surface area contributed by atoms with Crippen molar-refractivity contribution in [2.24, 2.45) is 5.41 Å². The molecular formula is C13H28N2O. The molecule has 1 atom stereocenters. The van der Waals surface area contributed by atoms with Gasteiger partial charge in [-0.05, 0) is 39.4 Å². The fraction of sp³-hybridized carbons (Fsp3) is 1.00. The molecule has 0 aliphatic carbocycles. The highest BCUT2D eigenvalue weighted by Crippen LogP contribution is 2.29. The van der Waals surface area contributed by atoms with Crippen LogP contribution in [0.25, 0.3) is 0 Å². The summed E-state index contributed by atoms with van der Waals surface area (Å²) in [5.41, 5.74) is 0.345. The van der Waals surface area contributed by atoms with Crippen LogP contribution in [0.5, 0.6) is 0 Å². The van der Waals surface area contributed by atoms with Crippen molar-refractivity contribution in [3.05, 3.63) is 0 Å². The van der Waals surface area contributed by atoms with Gasteiger partial charge in [0.15, 0.2) is 0 Å². The van der Waals surface area contributed by atoms with Crippen LogP contribution in [0.1, 0.15) is 33.1 Å². The zero-order valence-electron chi connectivity index (χ0n) is 11.2. The van der Waals surface area contributed by atoms with E-state index in [0.717, 1.165) is 26.3 Å². The van der Waals surface area contributed by atoms with E-state index in [1.165, 1.54) is 32.4 Å². The predicted octanol–water partition coefficient (Wildman–Crippen LogP) is 1.73. The van der Waals surface area contributed by atoms with Gasteiger partial charge >= 0.3 is 0 Å². The smallest absolute Gasteiger partial charge is 0.0546 e. The summed E-state index contributed by atoms with van der Waals surface area (Å²) in [5.74, 6) is 0. The molecule has 0 aromatic carbocycles. The summed E-state index contributed by atoms with van der Waals surface area (Å²) in [4.78, 5) is 2.56. The van der Waals surface area contributed by atoms with Crippen LogP contribution in [-0.2, 0) is 4.74 Å². The lowest BCUT2D eigenvalue weighted by Crippen LogP contribution is -2.48. The van der Waals surface area contributed by atoms with E-state index >= 15 is 0 Å². The Kier molecular flexibility index (Phi) is 6.32. The maximum Gasteiger partial charge on any atom is 0.0546 e. The summed E-state index contributed by atoms with van der Waals surface area (Å²) < 4.78 is 5.69. The van der Waals surface area contributed by atoms with Gasteiger partial charge in [-0.1, -0.05) is 13.8 Å². The van der Waals surface area contributed by atoms with Crippen molar-refractivity contribution in [1.82, 2.24) is 10.2 Å². The van der Waals surface area contributed by atoms with E-state index in [1.807, 2.05) is 7.05 Å². The molecule has 0 aromatic rings. The van der Waals surface area contributed by atoms with E-state index in [2.05, 4.69) is 24.1 Å². The third-order valence-electron chi connectivity index (χ3n) is 3.50. The largest absolute Gasteiger partial charge is 0.381 e. The number of hydrogen-bond acceptors (Lipinski definition) is 3. The molecule has 1 saturated heterocycles. The van der Waals surface area contributed by atoms with Crippen molar-refractivity contribution < 1.29 is 4.74 Å². The average molecular weight is 228 g/mol. The van der Waals surface area contributed by atoms with E-state index in [1.54, 1.807) is 0 Å². The molecule has 3 nitrogen and oxygen atoms in total. The van der Waals surface area contributed by atoms with Gasteiger partial charge in [0.2, 0.25) is 0 Å². The minimum absolute atomic E-state index is 0.345. The lowest BCUT2D eigenvalue weighted by atomic mass is 9.81. The molecule has 1 rings (SSSR count). The predicted molar refractivity (Wildman–Crippen MR) is 68.8 cm³/mol. The third-order valence-corrected chi connectivity index (χ3v) is 3.50. The van der Waals surface area contributed by atoms with Crippen molar-refractivity contribution in [3.8, 4) is 0 Å². The summed E-state index contributed by atoms with van der Waals surface area (Å²) >= 11 is 0. The van der Waals surface area contributed by atoms with Crippen LogP contribution in [0.15, 0.2) is 0 Å². The topological polar surface area (TPSA) is 24.5 Å². The summed E-state index contributed by atoms with van der Waals surface area (Å²) in [6.45, 7) is 11.0. The van der Waals surface area contributed by atoms with Crippen molar-refractivity contribution in [2.75, 3.05) is 46.4 Å². The molecule has 1 aliphatic heterocycles. The Labute approximate surface area is 101 Å². The normalized spacial score (nSPS) is 26.2. The fourth-order valence-electron chi connectivity index (χ4n) is 2.74. The molecule has 16 heavy (non-hydrogen) atoms. The molecule has 1 unspecified atom stereocenters. The Morgan fingerprint density at radius 3 is 2.69 bits per heavy atom. The Hall–Kier alpha value is -0.120. The first kappa shape index (κ1) is 13.9. The SMILES string of the molecule is CCCN(CC)CC1(CNC)CCCOC1. The van der Waals surface area contributed by atoms with Gasteiger partial charge in [-0.25, -0.2) is 0 Å². The van der Waals surface area contributed by atoms with Crippen LogP contribution < -0.4 is 5.32 Å². The molecule has 96 valence electrons. The first-order valence-corrected chi connectivity index (χ1v) is 6.71. The second-order valence-corrected chi connectivity index (χ2v) is 5.06. The van der Waals surface area contributed by atoms with Gasteiger partial charge in [0, 0.05) is 25.1 Å². The highest BCUT2D eigenvalue weighted by atomic mass is 16.5. The molecule has 0 bridgehead atoms. The first-order valence-electron chi connectivity index (χ1n) is 6.71.